The van der Waals surface area contributed by atoms with Crippen molar-refractivity contribution in [2.75, 3.05) is 43.4 Å². The highest BCUT2D eigenvalue weighted by atomic mass is 35.5. The van der Waals surface area contributed by atoms with Crippen LogP contribution in [0.5, 0.6) is 0 Å². The minimum absolute atomic E-state index is 0.619. The van der Waals surface area contributed by atoms with Gasteiger partial charge in [-0.2, -0.15) is 0 Å². The fourth-order valence-electron chi connectivity index (χ4n) is 3.95. The molecule has 1 aromatic heterocycles. The van der Waals surface area contributed by atoms with E-state index in [0.717, 1.165) is 80.0 Å². The van der Waals surface area contributed by atoms with Gasteiger partial charge in [0.1, 0.15) is 0 Å². The number of anilines is 2. The number of benzene rings is 2. The van der Waals surface area contributed by atoms with Gasteiger partial charge in [-0.25, -0.2) is 0 Å². The summed E-state index contributed by atoms with van der Waals surface area (Å²) in [6.07, 6.45) is 3.16. The minimum Gasteiger partial charge on any atom is -0.397 e. The number of aromatic nitrogens is 1. The number of aryl methyl sites for hydroxylation is 1. The molecule has 1 fully saturated rings. The molecule has 0 atom stereocenters. The van der Waals surface area contributed by atoms with Crippen LogP contribution in [0.1, 0.15) is 18.5 Å². The van der Waals surface area contributed by atoms with Crippen molar-refractivity contribution in [2.45, 2.75) is 19.3 Å². The van der Waals surface area contributed by atoms with E-state index in [4.69, 9.17) is 33.9 Å². The summed E-state index contributed by atoms with van der Waals surface area (Å²) in [7, 11) is 0. The number of piperazine rings is 1. The number of pyridine rings is 1. The average Bonchev–Trinajstić information content (AvgIpc) is 2.74. The van der Waals surface area contributed by atoms with E-state index in [1.165, 1.54) is 0 Å². The second-order valence-electron chi connectivity index (χ2n) is 7.58. The maximum Gasteiger partial charge on any atom is 0.0825 e. The van der Waals surface area contributed by atoms with Crippen molar-refractivity contribution in [2.24, 2.45) is 0 Å². The molecule has 2 N–H and O–H groups in total. The molecule has 1 aliphatic heterocycles. The quantitative estimate of drug-likeness (QED) is 0.543. The van der Waals surface area contributed by atoms with Crippen molar-refractivity contribution in [3.63, 3.8) is 0 Å². The van der Waals surface area contributed by atoms with E-state index in [0.29, 0.717) is 10.0 Å². The van der Waals surface area contributed by atoms with Gasteiger partial charge < -0.3 is 10.6 Å². The lowest BCUT2D eigenvalue weighted by atomic mass is 10.1. The van der Waals surface area contributed by atoms with Crippen LogP contribution in [0.25, 0.3) is 10.9 Å². The maximum atomic E-state index is 6.37. The topological polar surface area (TPSA) is 45.4 Å². The fourth-order valence-corrected chi connectivity index (χ4v) is 4.36. The number of halogens is 2. The molecule has 152 valence electrons. The van der Waals surface area contributed by atoms with Crippen molar-refractivity contribution < 1.29 is 0 Å². The summed E-state index contributed by atoms with van der Waals surface area (Å²) >= 11 is 12.5. The Morgan fingerprint density at radius 3 is 2.55 bits per heavy atom. The molecule has 4 rings (SSSR count). The molecule has 0 radical (unpaired) electrons. The summed E-state index contributed by atoms with van der Waals surface area (Å²) in [5.41, 5.74) is 10.1. The molecule has 4 nitrogen and oxygen atoms in total. The van der Waals surface area contributed by atoms with E-state index in [2.05, 4.69) is 15.9 Å². The summed E-state index contributed by atoms with van der Waals surface area (Å²) in [6, 6.07) is 16.0. The number of fused-ring (bicyclic) bond motifs is 1. The monoisotopic (exact) mass is 428 g/mol. The van der Waals surface area contributed by atoms with Crippen LogP contribution in [-0.4, -0.2) is 42.6 Å². The molecule has 1 saturated heterocycles. The van der Waals surface area contributed by atoms with Crippen LogP contribution in [0.2, 0.25) is 10.0 Å². The third kappa shape index (κ3) is 4.77. The van der Waals surface area contributed by atoms with E-state index in [1.54, 1.807) is 0 Å². The van der Waals surface area contributed by atoms with Gasteiger partial charge in [0, 0.05) is 31.6 Å². The average molecular weight is 429 g/mol. The molecule has 0 spiro atoms. The number of para-hydroxylation sites is 1. The van der Waals surface area contributed by atoms with Crippen molar-refractivity contribution in [1.29, 1.82) is 0 Å². The minimum atomic E-state index is 0.619. The van der Waals surface area contributed by atoms with Crippen molar-refractivity contribution in [1.82, 2.24) is 9.88 Å². The number of rotatable bonds is 6. The highest BCUT2D eigenvalue weighted by molar-refractivity contribution is 6.43. The Kier molecular flexibility index (Phi) is 6.43. The van der Waals surface area contributed by atoms with Gasteiger partial charge in [0.05, 0.1) is 32.6 Å². The Bertz CT molecular complexity index is 984. The second-order valence-corrected chi connectivity index (χ2v) is 8.36. The summed E-state index contributed by atoms with van der Waals surface area (Å²) in [6.45, 7) is 5.13. The number of nitrogen functional groups attached to an aromatic ring is 1. The fraction of sp³-hybridized carbons (Fsp3) is 0.348. The van der Waals surface area contributed by atoms with Gasteiger partial charge in [-0.05, 0) is 50.1 Å². The van der Waals surface area contributed by atoms with Gasteiger partial charge in [-0.1, -0.05) is 47.5 Å². The van der Waals surface area contributed by atoms with E-state index in [-0.39, 0.29) is 0 Å². The molecule has 6 heteroatoms. The molecule has 0 amide bonds. The zero-order valence-corrected chi connectivity index (χ0v) is 18.0. The van der Waals surface area contributed by atoms with Gasteiger partial charge in [-0.3, -0.25) is 9.88 Å². The SMILES string of the molecule is Nc1cc2ccccc2nc1CCCCN1CCN(c2cccc(Cl)c2Cl)CC1. The van der Waals surface area contributed by atoms with Gasteiger partial charge in [0.2, 0.25) is 0 Å². The molecule has 1 aliphatic rings. The lowest BCUT2D eigenvalue weighted by Gasteiger charge is -2.36. The summed E-state index contributed by atoms with van der Waals surface area (Å²) in [5, 5.41) is 2.38. The standard InChI is InChI=1S/C23H26Cl2N4/c24-18-7-5-10-22(23(18)25)29-14-12-28(13-15-29)11-4-3-9-21-19(26)16-17-6-1-2-8-20(17)27-21/h1-2,5-8,10,16H,3-4,9,11-15,26H2. The summed E-state index contributed by atoms with van der Waals surface area (Å²) in [5.74, 6) is 0. The Labute approximate surface area is 182 Å². The highest BCUT2D eigenvalue weighted by Gasteiger charge is 2.19. The van der Waals surface area contributed by atoms with Crippen LogP contribution in [-0.2, 0) is 6.42 Å². The first-order valence-electron chi connectivity index (χ1n) is 10.2. The number of unbranched alkanes of at least 4 members (excludes halogenated alkanes) is 1. The van der Waals surface area contributed by atoms with E-state index in [1.807, 2.05) is 42.5 Å². The van der Waals surface area contributed by atoms with Gasteiger partial charge in [0.25, 0.3) is 0 Å². The van der Waals surface area contributed by atoms with Crippen LogP contribution in [0.3, 0.4) is 0 Å². The van der Waals surface area contributed by atoms with Gasteiger partial charge in [0.15, 0.2) is 0 Å². The van der Waals surface area contributed by atoms with Crippen molar-refractivity contribution >= 4 is 45.5 Å². The number of nitrogens with two attached hydrogens (primary N) is 1. The zero-order chi connectivity index (χ0) is 20.2. The molecule has 0 bridgehead atoms. The Morgan fingerprint density at radius 1 is 0.931 bits per heavy atom. The molecule has 0 saturated carbocycles. The predicted molar refractivity (Wildman–Crippen MR) is 124 cm³/mol. The first-order valence-corrected chi connectivity index (χ1v) is 10.9. The molecule has 3 aromatic rings. The van der Waals surface area contributed by atoms with Crippen LogP contribution in [0, 0.1) is 0 Å². The van der Waals surface area contributed by atoms with Crippen LogP contribution in [0.4, 0.5) is 11.4 Å². The Balaban J connectivity index is 1.24. The first kappa shape index (κ1) is 20.3. The highest BCUT2D eigenvalue weighted by Crippen LogP contribution is 2.32. The molecular weight excluding hydrogens is 403 g/mol. The lowest BCUT2D eigenvalue weighted by molar-refractivity contribution is 0.253. The summed E-state index contributed by atoms with van der Waals surface area (Å²) < 4.78 is 0. The number of hydrogen-bond donors (Lipinski definition) is 1. The maximum absolute atomic E-state index is 6.37. The molecule has 0 aliphatic carbocycles. The smallest absolute Gasteiger partial charge is 0.0825 e. The first-order chi connectivity index (χ1) is 14.1. The largest absolute Gasteiger partial charge is 0.397 e. The predicted octanol–water partition coefficient (Wildman–Crippen LogP) is 5.27. The van der Waals surface area contributed by atoms with E-state index >= 15 is 0 Å². The summed E-state index contributed by atoms with van der Waals surface area (Å²) in [4.78, 5) is 9.59. The lowest BCUT2D eigenvalue weighted by Crippen LogP contribution is -2.46. The van der Waals surface area contributed by atoms with Crippen LogP contribution in [0.15, 0.2) is 48.5 Å². The van der Waals surface area contributed by atoms with Gasteiger partial charge in [-0.15, -0.1) is 0 Å². The van der Waals surface area contributed by atoms with Crippen LogP contribution >= 0.6 is 23.2 Å². The van der Waals surface area contributed by atoms with Crippen molar-refractivity contribution in [3.05, 3.63) is 64.3 Å². The van der Waals surface area contributed by atoms with Crippen molar-refractivity contribution in [3.8, 4) is 0 Å². The zero-order valence-electron chi connectivity index (χ0n) is 16.5. The molecule has 2 aromatic carbocycles. The molecule has 29 heavy (non-hydrogen) atoms. The van der Waals surface area contributed by atoms with E-state index < -0.39 is 0 Å². The van der Waals surface area contributed by atoms with E-state index in [9.17, 15) is 0 Å². The molecule has 2 heterocycles. The normalized spacial score (nSPS) is 15.2. The third-order valence-electron chi connectivity index (χ3n) is 5.62. The molecule has 0 unspecified atom stereocenters. The number of hydrogen-bond acceptors (Lipinski definition) is 4. The Hall–Kier alpha value is -2.01. The molecular formula is C23H26Cl2N4. The van der Waals surface area contributed by atoms with Gasteiger partial charge >= 0.3 is 0 Å². The van der Waals surface area contributed by atoms with Crippen LogP contribution < -0.4 is 10.6 Å². The Morgan fingerprint density at radius 2 is 1.72 bits per heavy atom. The third-order valence-corrected chi connectivity index (χ3v) is 6.43. The number of nitrogens with zero attached hydrogens (tertiary/aromatic N) is 3. The second kappa shape index (κ2) is 9.21.